The average molecular weight is 320 g/mol. The van der Waals surface area contributed by atoms with Crippen LogP contribution in [0.25, 0.3) is 0 Å². The summed E-state index contributed by atoms with van der Waals surface area (Å²) in [4.78, 5) is 0. The Labute approximate surface area is 122 Å². The van der Waals surface area contributed by atoms with Crippen molar-refractivity contribution in [3.8, 4) is 5.75 Å². The van der Waals surface area contributed by atoms with Crippen molar-refractivity contribution in [3.63, 3.8) is 0 Å². The average Bonchev–Trinajstić information content (AvgIpc) is 2.42. The van der Waals surface area contributed by atoms with E-state index in [1.807, 2.05) is 24.3 Å². The van der Waals surface area contributed by atoms with Crippen molar-refractivity contribution in [2.75, 3.05) is 7.11 Å². The maximum atomic E-state index is 6.23. The van der Waals surface area contributed by atoms with Gasteiger partial charge in [-0.05, 0) is 42.2 Å². The van der Waals surface area contributed by atoms with E-state index >= 15 is 0 Å². The third-order valence-corrected chi connectivity index (χ3v) is 3.87. The first kappa shape index (κ1) is 14.1. The van der Waals surface area contributed by atoms with Crippen LogP contribution in [-0.4, -0.2) is 13.2 Å². The number of rotatable bonds is 5. The Hall–Kier alpha value is -1.32. The number of halogens is 1. The molecule has 3 heteroatoms. The molecule has 2 aromatic carbocycles. The van der Waals surface area contributed by atoms with Gasteiger partial charge in [0.05, 0.1) is 7.11 Å². The fourth-order valence-corrected chi connectivity index (χ4v) is 2.53. The van der Waals surface area contributed by atoms with Gasteiger partial charge < -0.3 is 10.5 Å². The quantitative estimate of drug-likeness (QED) is 0.914. The first-order valence-corrected chi connectivity index (χ1v) is 7.10. The fourth-order valence-electron chi connectivity index (χ4n) is 2.08. The van der Waals surface area contributed by atoms with Gasteiger partial charge in [0.1, 0.15) is 5.75 Å². The molecule has 0 fully saturated rings. The molecule has 2 N–H and O–H groups in total. The third kappa shape index (κ3) is 4.08. The van der Waals surface area contributed by atoms with E-state index in [0.717, 1.165) is 23.1 Å². The predicted octanol–water partition coefficient (Wildman–Crippen LogP) is 3.57. The van der Waals surface area contributed by atoms with Gasteiger partial charge in [-0.2, -0.15) is 0 Å². The predicted molar refractivity (Wildman–Crippen MR) is 82.5 cm³/mol. The van der Waals surface area contributed by atoms with Crippen LogP contribution in [0.4, 0.5) is 0 Å². The van der Waals surface area contributed by atoms with Crippen LogP contribution in [0.3, 0.4) is 0 Å². The minimum Gasteiger partial charge on any atom is -0.497 e. The minimum atomic E-state index is 0.118. The molecule has 0 aliphatic heterocycles. The summed E-state index contributed by atoms with van der Waals surface area (Å²) in [6.45, 7) is 0. The lowest BCUT2D eigenvalue weighted by molar-refractivity contribution is 0.414. The highest BCUT2D eigenvalue weighted by Gasteiger charge is 2.08. The summed E-state index contributed by atoms with van der Waals surface area (Å²) < 4.78 is 6.27. The standard InChI is InChI=1S/C16H18BrNO/c1-19-15-8-6-12(7-9-15)10-14(18)11-13-4-2-3-5-16(13)17/h2-9,14H,10-11,18H2,1H3. The summed E-state index contributed by atoms with van der Waals surface area (Å²) in [7, 11) is 1.67. The molecule has 1 unspecified atom stereocenters. The number of hydrogen-bond donors (Lipinski definition) is 1. The SMILES string of the molecule is COc1ccc(CC(N)Cc2ccccc2Br)cc1. The molecular formula is C16H18BrNO. The number of hydrogen-bond acceptors (Lipinski definition) is 2. The van der Waals surface area contributed by atoms with Gasteiger partial charge in [0.15, 0.2) is 0 Å². The number of ether oxygens (including phenoxy) is 1. The van der Waals surface area contributed by atoms with Crippen LogP contribution in [0, 0.1) is 0 Å². The summed E-state index contributed by atoms with van der Waals surface area (Å²) in [6, 6.07) is 16.4. The van der Waals surface area contributed by atoms with Crippen molar-refractivity contribution < 1.29 is 4.74 Å². The van der Waals surface area contributed by atoms with Crippen LogP contribution in [-0.2, 0) is 12.8 Å². The van der Waals surface area contributed by atoms with Crippen LogP contribution in [0.1, 0.15) is 11.1 Å². The van der Waals surface area contributed by atoms with Gasteiger partial charge in [0.25, 0.3) is 0 Å². The van der Waals surface area contributed by atoms with Crippen molar-refractivity contribution in [3.05, 3.63) is 64.1 Å². The zero-order valence-electron chi connectivity index (χ0n) is 11.0. The second-order valence-corrected chi connectivity index (χ2v) is 5.46. The lowest BCUT2D eigenvalue weighted by Gasteiger charge is -2.13. The number of methoxy groups -OCH3 is 1. The van der Waals surface area contributed by atoms with E-state index in [1.165, 1.54) is 11.1 Å². The van der Waals surface area contributed by atoms with Crippen molar-refractivity contribution in [1.82, 2.24) is 0 Å². The van der Waals surface area contributed by atoms with E-state index in [-0.39, 0.29) is 6.04 Å². The third-order valence-electron chi connectivity index (χ3n) is 3.10. The van der Waals surface area contributed by atoms with E-state index in [0.29, 0.717) is 0 Å². The Morgan fingerprint density at radius 3 is 2.37 bits per heavy atom. The van der Waals surface area contributed by atoms with Gasteiger partial charge in [-0.3, -0.25) is 0 Å². The Bertz CT molecular complexity index is 525. The molecule has 0 aromatic heterocycles. The first-order valence-electron chi connectivity index (χ1n) is 6.31. The summed E-state index contributed by atoms with van der Waals surface area (Å²) >= 11 is 3.56. The molecule has 2 aromatic rings. The summed E-state index contributed by atoms with van der Waals surface area (Å²) in [6.07, 6.45) is 1.73. The summed E-state index contributed by atoms with van der Waals surface area (Å²) in [5, 5.41) is 0. The highest BCUT2D eigenvalue weighted by molar-refractivity contribution is 9.10. The Kier molecular flexibility index (Phi) is 5.00. The van der Waals surface area contributed by atoms with Crippen molar-refractivity contribution in [1.29, 1.82) is 0 Å². The minimum absolute atomic E-state index is 0.118. The van der Waals surface area contributed by atoms with Crippen LogP contribution in [0.5, 0.6) is 5.75 Å². The van der Waals surface area contributed by atoms with E-state index in [2.05, 4.69) is 40.2 Å². The summed E-state index contributed by atoms with van der Waals surface area (Å²) in [5.41, 5.74) is 8.71. The normalized spacial score (nSPS) is 12.2. The molecule has 0 saturated heterocycles. The maximum absolute atomic E-state index is 6.23. The molecule has 1 atom stereocenters. The molecule has 100 valence electrons. The number of nitrogens with two attached hydrogens (primary N) is 1. The molecular weight excluding hydrogens is 302 g/mol. The Morgan fingerprint density at radius 2 is 1.74 bits per heavy atom. The molecule has 2 nitrogen and oxygen atoms in total. The van der Waals surface area contributed by atoms with Gasteiger partial charge in [-0.1, -0.05) is 46.3 Å². The second kappa shape index (κ2) is 6.73. The van der Waals surface area contributed by atoms with Gasteiger partial charge in [-0.15, -0.1) is 0 Å². The Balaban J connectivity index is 1.97. The Morgan fingerprint density at radius 1 is 1.05 bits per heavy atom. The van der Waals surface area contributed by atoms with Crippen LogP contribution >= 0.6 is 15.9 Å². The maximum Gasteiger partial charge on any atom is 0.118 e. The van der Waals surface area contributed by atoms with Gasteiger partial charge in [0.2, 0.25) is 0 Å². The van der Waals surface area contributed by atoms with E-state index in [9.17, 15) is 0 Å². The number of benzene rings is 2. The molecule has 19 heavy (non-hydrogen) atoms. The van der Waals surface area contributed by atoms with Crippen molar-refractivity contribution >= 4 is 15.9 Å². The lowest BCUT2D eigenvalue weighted by atomic mass is 10.00. The molecule has 0 aliphatic carbocycles. The first-order chi connectivity index (χ1) is 9.19. The van der Waals surface area contributed by atoms with Gasteiger partial charge in [-0.25, -0.2) is 0 Å². The fraction of sp³-hybridized carbons (Fsp3) is 0.250. The molecule has 0 spiro atoms. The molecule has 0 aliphatic rings. The van der Waals surface area contributed by atoms with E-state index in [1.54, 1.807) is 7.11 Å². The van der Waals surface area contributed by atoms with Crippen LogP contribution < -0.4 is 10.5 Å². The lowest BCUT2D eigenvalue weighted by Crippen LogP contribution is -2.25. The van der Waals surface area contributed by atoms with Crippen molar-refractivity contribution in [2.45, 2.75) is 18.9 Å². The molecule has 0 saturated carbocycles. The molecule has 2 rings (SSSR count). The van der Waals surface area contributed by atoms with Crippen LogP contribution in [0.2, 0.25) is 0 Å². The monoisotopic (exact) mass is 319 g/mol. The molecule has 0 heterocycles. The van der Waals surface area contributed by atoms with E-state index in [4.69, 9.17) is 10.5 Å². The zero-order chi connectivity index (χ0) is 13.7. The van der Waals surface area contributed by atoms with Gasteiger partial charge in [0, 0.05) is 10.5 Å². The van der Waals surface area contributed by atoms with Crippen LogP contribution in [0.15, 0.2) is 53.0 Å². The van der Waals surface area contributed by atoms with E-state index < -0.39 is 0 Å². The highest BCUT2D eigenvalue weighted by atomic mass is 79.9. The highest BCUT2D eigenvalue weighted by Crippen LogP contribution is 2.19. The topological polar surface area (TPSA) is 35.2 Å². The molecule has 0 amide bonds. The zero-order valence-corrected chi connectivity index (χ0v) is 12.6. The van der Waals surface area contributed by atoms with Crippen molar-refractivity contribution in [2.24, 2.45) is 5.73 Å². The van der Waals surface area contributed by atoms with Gasteiger partial charge >= 0.3 is 0 Å². The second-order valence-electron chi connectivity index (χ2n) is 4.61. The molecule has 0 radical (unpaired) electrons. The summed E-state index contributed by atoms with van der Waals surface area (Å²) in [5.74, 6) is 0.878. The smallest absolute Gasteiger partial charge is 0.118 e. The molecule has 0 bridgehead atoms. The largest absolute Gasteiger partial charge is 0.497 e.